The third kappa shape index (κ3) is 6.61. The molecule has 8 nitrogen and oxygen atoms in total. The van der Waals surface area contributed by atoms with Crippen LogP contribution < -0.4 is 16.0 Å². The number of urea groups is 1. The second-order valence-electron chi connectivity index (χ2n) is 7.84. The highest BCUT2D eigenvalue weighted by molar-refractivity contribution is 7.22. The standard InChI is InChI=1S/C25H26FN5O3S2.ClH/c1-4-27-24(33)31-25-30-21-20(26)17(11-18(22(21)36-25)19-8-6-7-9-28-19)15-10-16(35-13-15)12-29-14(3)23(32)34-5-2;/h6-11,13-14,29H,4-5,12H2,1-3H3,(H2,27,30,31,33);1H/t14-;/m0./s1. The average molecular weight is 564 g/mol. The van der Waals surface area contributed by atoms with Crippen LogP contribution in [0, 0.1) is 5.82 Å². The largest absolute Gasteiger partial charge is 0.465 e. The minimum atomic E-state index is -0.470. The van der Waals surface area contributed by atoms with Crippen LogP contribution >= 0.6 is 35.1 Å². The second-order valence-corrected chi connectivity index (χ2v) is 9.83. The number of halogens is 2. The number of carbonyl (C=O) groups is 2. The molecule has 4 aromatic rings. The van der Waals surface area contributed by atoms with Crippen molar-refractivity contribution in [2.45, 2.75) is 33.4 Å². The van der Waals surface area contributed by atoms with Gasteiger partial charge in [-0.2, -0.15) is 0 Å². The first kappa shape index (κ1) is 28.5. The number of carbonyl (C=O) groups excluding carboxylic acids is 2. The van der Waals surface area contributed by atoms with Crippen LogP contribution in [-0.4, -0.2) is 41.2 Å². The van der Waals surface area contributed by atoms with E-state index in [0.29, 0.717) is 46.3 Å². The molecule has 0 aliphatic rings. The number of pyridine rings is 1. The molecule has 0 aliphatic carbocycles. The Morgan fingerprint density at radius 1 is 1.19 bits per heavy atom. The van der Waals surface area contributed by atoms with Gasteiger partial charge in [0.1, 0.15) is 11.6 Å². The number of nitrogens with one attached hydrogen (secondary N) is 3. The fraction of sp³-hybridized carbons (Fsp3) is 0.280. The summed E-state index contributed by atoms with van der Waals surface area (Å²) in [6.07, 6.45) is 1.68. The van der Waals surface area contributed by atoms with Gasteiger partial charge in [0.15, 0.2) is 10.9 Å². The molecule has 3 aromatic heterocycles. The Kier molecular flexibility index (Phi) is 9.93. The Morgan fingerprint density at radius 2 is 2.00 bits per heavy atom. The number of nitrogens with zero attached hydrogens (tertiary/aromatic N) is 2. The van der Waals surface area contributed by atoms with E-state index in [4.69, 9.17) is 4.74 Å². The zero-order valence-electron chi connectivity index (χ0n) is 20.5. The lowest BCUT2D eigenvalue weighted by atomic mass is 10.0. The van der Waals surface area contributed by atoms with E-state index in [1.165, 1.54) is 22.7 Å². The van der Waals surface area contributed by atoms with Gasteiger partial charge in [-0.1, -0.05) is 17.4 Å². The Hall–Kier alpha value is -3.12. The van der Waals surface area contributed by atoms with Crippen molar-refractivity contribution in [1.29, 1.82) is 0 Å². The molecule has 2 amide bonds. The summed E-state index contributed by atoms with van der Waals surface area (Å²) in [6.45, 7) is 6.55. The Labute approximate surface area is 228 Å². The number of amides is 2. The molecule has 196 valence electrons. The quantitative estimate of drug-likeness (QED) is 0.221. The molecule has 0 radical (unpaired) electrons. The van der Waals surface area contributed by atoms with Crippen molar-refractivity contribution in [3.05, 3.63) is 52.6 Å². The fourth-order valence-corrected chi connectivity index (χ4v) is 5.36. The van der Waals surface area contributed by atoms with E-state index in [9.17, 15) is 9.59 Å². The second kappa shape index (κ2) is 12.9. The van der Waals surface area contributed by atoms with Crippen molar-refractivity contribution in [2.24, 2.45) is 0 Å². The van der Waals surface area contributed by atoms with E-state index < -0.39 is 17.9 Å². The van der Waals surface area contributed by atoms with Crippen LogP contribution in [0.15, 0.2) is 41.9 Å². The molecule has 37 heavy (non-hydrogen) atoms. The van der Waals surface area contributed by atoms with Gasteiger partial charge in [-0.25, -0.2) is 14.2 Å². The average Bonchev–Trinajstić information content (AvgIpc) is 3.51. The fourth-order valence-electron chi connectivity index (χ4n) is 3.55. The summed E-state index contributed by atoms with van der Waals surface area (Å²) in [5, 5.41) is 10.6. The number of hydrogen-bond donors (Lipinski definition) is 3. The normalized spacial score (nSPS) is 11.6. The molecule has 12 heteroatoms. The first-order chi connectivity index (χ1) is 17.4. The van der Waals surface area contributed by atoms with Crippen LogP contribution in [-0.2, 0) is 16.1 Å². The van der Waals surface area contributed by atoms with Crippen molar-refractivity contribution >= 4 is 62.4 Å². The summed E-state index contributed by atoms with van der Waals surface area (Å²) in [4.78, 5) is 33.7. The molecule has 0 aliphatic heterocycles. The lowest BCUT2D eigenvalue weighted by Crippen LogP contribution is -2.34. The molecule has 3 N–H and O–H groups in total. The van der Waals surface area contributed by atoms with E-state index in [1.54, 1.807) is 26.1 Å². The maximum Gasteiger partial charge on any atom is 0.322 e. The molecule has 1 atom stereocenters. The van der Waals surface area contributed by atoms with Gasteiger partial charge in [0.2, 0.25) is 0 Å². The Bertz CT molecular complexity index is 1380. The van der Waals surface area contributed by atoms with Crippen LogP contribution in [0.1, 0.15) is 25.6 Å². The highest BCUT2D eigenvalue weighted by Gasteiger charge is 2.21. The summed E-state index contributed by atoms with van der Waals surface area (Å²) in [6, 6.07) is 8.35. The van der Waals surface area contributed by atoms with Crippen LogP contribution in [0.25, 0.3) is 32.6 Å². The predicted molar refractivity (Wildman–Crippen MR) is 149 cm³/mol. The zero-order chi connectivity index (χ0) is 25.7. The lowest BCUT2D eigenvalue weighted by Gasteiger charge is -2.11. The van der Waals surface area contributed by atoms with Crippen molar-refractivity contribution in [3.8, 4) is 22.4 Å². The third-order valence-electron chi connectivity index (χ3n) is 5.29. The lowest BCUT2D eigenvalue weighted by molar-refractivity contribution is -0.145. The van der Waals surface area contributed by atoms with E-state index in [-0.39, 0.29) is 23.9 Å². The molecular weight excluding hydrogens is 537 g/mol. The summed E-state index contributed by atoms with van der Waals surface area (Å²) < 4.78 is 21.4. The number of rotatable bonds is 9. The van der Waals surface area contributed by atoms with Gasteiger partial charge in [0.05, 0.1) is 17.0 Å². The van der Waals surface area contributed by atoms with Crippen LogP contribution in [0.2, 0.25) is 0 Å². The summed E-state index contributed by atoms with van der Waals surface area (Å²) in [5.74, 6) is -0.784. The van der Waals surface area contributed by atoms with E-state index in [2.05, 4.69) is 25.9 Å². The minimum absolute atomic E-state index is 0. The van der Waals surface area contributed by atoms with Gasteiger partial charge in [0, 0.05) is 35.3 Å². The van der Waals surface area contributed by atoms with E-state index >= 15 is 4.39 Å². The monoisotopic (exact) mass is 563 g/mol. The van der Waals surface area contributed by atoms with Crippen LogP contribution in [0.5, 0.6) is 0 Å². The third-order valence-corrected chi connectivity index (χ3v) is 7.23. The van der Waals surface area contributed by atoms with E-state index in [0.717, 1.165) is 10.4 Å². The van der Waals surface area contributed by atoms with Crippen LogP contribution in [0.4, 0.5) is 14.3 Å². The number of aromatic nitrogens is 2. The molecule has 0 bridgehead atoms. The molecule has 0 saturated heterocycles. The first-order valence-electron chi connectivity index (χ1n) is 11.5. The van der Waals surface area contributed by atoms with Crippen molar-refractivity contribution in [2.75, 3.05) is 18.5 Å². The highest BCUT2D eigenvalue weighted by atomic mass is 35.5. The number of thiazole rings is 1. The van der Waals surface area contributed by atoms with E-state index in [1.807, 2.05) is 36.6 Å². The molecule has 0 unspecified atom stereocenters. The van der Waals surface area contributed by atoms with Crippen molar-refractivity contribution in [3.63, 3.8) is 0 Å². The number of ether oxygens (including phenoxy) is 1. The Balaban J connectivity index is 0.00000380. The number of anilines is 1. The number of esters is 1. The number of benzene rings is 1. The van der Waals surface area contributed by atoms with Gasteiger partial charge in [0.25, 0.3) is 0 Å². The Morgan fingerprint density at radius 3 is 2.70 bits per heavy atom. The van der Waals surface area contributed by atoms with Gasteiger partial charge in [-0.05, 0) is 56.0 Å². The number of hydrogen-bond acceptors (Lipinski definition) is 8. The topological polar surface area (TPSA) is 105 Å². The molecule has 3 heterocycles. The predicted octanol–water partition coefficient (Wildman–Crippen LogP) is 5.83. The molecular formula is C25H27ClFN5O3S2. The maximum absolute atomic E-state index is 15.8. The molecule has 0 saturated carbocycles. The summed E-state index contributed by atoms with van der Waals surface area (Å²) in [5.41, 5.74) is 2.66. The SMILES string of the molecule is CCNC(=O)Nc1nc2c(F)c(-c3csc(CN[C@@H](C)C(=O)OCC)c3)cc(-c3ccccn3)c2s1.Cl. The molecule has 4 rings (SSSR count). The van der Waals surface area contributed by atoms with Gasteiger partial charge >= 0.3 is 12.0 Å². The first-order valence-corrected chi connectivity index (χ1v) is 13.2. The maximum atomic E-state index is 15.8. The van der Waals surface area contributed by atoms with Crippen molar-refractivity contribution in [1.82, 2.24) is 20.6 Å². The highest BCUT2D eigenvalue weighted by Crippen LogP contribution is 2.41. The molecule has 0 spiro atoms. The minimum Gasteiger partial charge on any atom is -0.465 e. The van der Waals surface area contributed by atoms with Gasteiger partial charge in [-0.15, -0.1) is 23.7 Å². The van der Waals surface area contributed by atoms with Gasteiger partial charge < -0.3 is 10.1 Å². The molecule has 1 aromatic carbocycles. The van der Waals surface area contributed by atoms with Gasteiger partial charge in [-0.3, -0.25) is 20.4 Å². The number of thiophene rings is 1. The smallest absolute Gasteiger partial charge is 0.322 e. The number of fused-ring (bicyclic) bond motifs is 1. The summed E-state index contributed by atoms with van der Waals surface area (Å²) >= 11 is 2.67. The zero-order valence-corrected chi connectivity index (χ0v) is 22.9. The summed E-state index contributed by atoms with van der Waals surface area (Å²) in [7, 11) is 0. The van der Waals surface area contributed by atoms with Crippen LogP contribution in [0.3, 0.4) is 0 Å². The van der Waals surface area contributed by atoms with Crippen molar-refractivity contribution < 1.29 is 18.7 Å². The molecule has 0 fully saturated rings.